The van der Waals surface area contributed by atoms with Crippen LogP contribution in [0.2, 0.25) is 0 Å². The van der Waals surface area contributed by atoms with E-state index in [0.717, 1.165) is 32.0 Å². The highest BCUT2D eigenvalue weighted by Crippen LogP contribution is 2.13. The van der Waals surface area contributed by atoms with E-state index in [4.69, 9.17) is 9.47 Å². The first-order valence-electron chi connectivity index (χ1n) is 6.26. The lowest BCUT2D eigenvalue weighted by molar-refractivity contribution is 0.221. The van der Waals surface area contributed by atoms with E-state index in [9.17, 15) is 0 Å². The first kappa shape index (κ1) is 15.1. The van der Waals surface area contributed by atoms with Gasteiger partial charge in [-0.1, -0.05) is 45.8 Å². The van der Waals surface area contributed by atoms with Gasteiger partial charge in [-0.2, -0.15) is 0 Å². The molecule has 0 radical (unpaired) electrons. The molecule has 2 heteroatoms. The number of ether oxygens (including phenoxy) is 2. The molecule has 0 aliphatic rings. The number of hydrogen-bond donors (Lipinski definition) is 0. The van der Waals surface area contributed by atoms with Crippen molar-refractivity contribution < 1.29 is 9.47 Å². The molecule has 0 heterocycles. The molecular formula is C14H26O2. The summed E-state index contributed by atoms with van der Waals surface area (Å²) in [7, 11) is 0. The van der Waals surface area contributed by atoms with Gasteiger partial charge in [-0.15, -0.1) is 0 Å². The maximum absolute atomic E-state index is 5.11. The summed E-state index contributed by atoms with van der Waals surface area (Å²) in [5, 5.41) is 0. The van der Waals surface area contributed by atoms with Crippen molar-refractivity contribution in [2.75, 3.05) is 13.2 Å². The molecule has 0 rings (SSSR count). The molecule has 0 saturated carbocycles. The maximum Gasteiger partial charge on any atom is 0.0875 e. The molecular weight excluding hydrogens is 200 g/mol. The third kappa shape index (κ3) is 11.2. The second-order valence-corrected chi connectivity index (χ2v) is 4.17. The van der Waals surface area contributed by atoms with Crippen LogP contribution < -0.4 is 0 Å². The van der Waals surface area contributed by atoms with Gasteiger partial charge >= 0.3 is 0 Å². The van der Waals surface area contributed by atoms with Crippen LogP contribution in [-0.4, -0.2) is 13.2 Å². The minimum absolute atomic E-state index is 0.754. The molecule has 0 bridgehead atoms. The lowest BCUT2D eigenvalue weighted by atomic mass is 10.00. The zero-order valence-electron chi connectivity index (χ0n) is 10.6. The van der Waals surface area contributed by atoms with E-state index < -0.39 is 0 Å². The number of rotatable bonds is 12. The Balaban J connectivity index is 3.11. The summed E-state index contributed by atoms with van der Waals surface area (Å²) >= 11 is 0. The molecule has 1 atom stereocenters. The Kier molecular flexibility index (Phi) is 11.5. The van der Waals surface area contributed by atoms with Gasteiger partial charge in [0.05, 0.1) is 25.7 Å². The molecule has 0 fully saturated rings. The highest BCUT2D eigenvalue weighted by Gasteiger charge is 2.01. The fourth-order valence-corrected chi connectivity index (χ4v) is 1.61. The Hall–Kier alpha value is -0.920. The first-order valence-corrected chi connectivity index (χ1v) is 6.26. The van der Waals surface area contributed by atoms with Crippen LogP contribution in [0.15, 0.2) is 25.7 Å². The van der Waals surface area contributed by atoms with E-state index in [1.165, 1.54) is 38.2 Å². The Bertz CT molecular complexity index is 166. The maximum atomic E-state index is 5.11. The van der Waals surface area contributed by atoms with Crippen LogP contribution in [0, 0.1) is 5.92 Å². The van der Waals surface area contributed by atoms with Gasteiger partial charge < -0.3 is 9.47 Å². The molecule has 0 N–H and O–H groups in total. The van der Waals surface area contributed by atoms with Gasteiger partial charge in [-0.05, 0) is 18.8 Å². The molecule has 0 spiro atoms. The fourth-order valence-electron chi connectivity index (χ4n) is 1.61. The standard InChI is InChI=1S/C14H26O2/c1-4-15-12-9-7-6-8-10-14(3)11-13-16-5-2/h4-5,14H,1-2,6-13H2,3H3. The van der Waals surface area contributed by atoms with Gasteiger partial charge in [0.25, 0.3) is 0 Å². The Morgan fingerprint density at radius 3 is 2.19 bits per heavy atom. The highest BCUT2D eigenvalue weighted by atomic mass is 16.5. The molecule has 0 saturated heterocycles. The lowest BCUT2D eigenvalue weighted by Crippen LogP contribution is -1.99. The van der Waals surface area contributed by atoms with Crippen LogP contribution in [-0.2, 0) is 9.47 Å². The van der Waals surface area contributed by atoms with Crippen molar-refractivity contribution in [3.8, 4) is 0 Å². The van der Waals surface area contributed by atoms with Gasteiger partial charge in [0, 0.05) is 0 Å². The molecule has 16 heavy (non-hydrogen) atoms. The summed E-state index contributed by atoms with van der Waals surface area (Å²) in [6.45, 7) is 10.9. The van der Waals surface area contributed by atoms with Crippen LogP contribution >= 0.6 is 0 Å². The minimum atomic E-state index is 0.754. The highest BCUT2D eigenvalue weighted by molar-refractivity contribution is 4.56. The topological polar surface area (TPSA) is 18.5 Å². The molecule has 94 valence electrons. The second kappa shape index (κ2) is 12.2. The van der Waals surface area contributed by atoms with Crippen molar-refractivity contribution in [3.63, 3.8) is 0 Å². The van der Waals surface area contributed by atoms with E-state index in [2.05, 4.69) is 20.1 Å². The molecule has 0 aromatic carbocycles. The van der Waals surface area contributed by atoms with Gasteiger partial charge in [0.1, 0.15) is 0 Å². The SMILES string of the molecule is C=COCCCCCCC(C)CCOC=C. The van der Waals surface area contributed by atoms with Crippen molar-refractivity contribution in [3.05, 3.63) is 25.7 Å². The Labute approximate surface area is 100 Å². The predicted octanol–water partition coefficient (Wildman–Crippen LogP) is 4.28. The van der Waals surface area contributed by atoms with Gasteiger partial charge in [0.2, 0.25) is 0 Å². The van der Waals surface area contributed by atoms with Gasteiger partial charge in [-0.3, -0.25) is 0 Å². The summed E-state index contributed by atoms with van der Waals surface area (Å²) in [6.07, 6.45) is 10.5. The van der Waals surface area contributed by atoms with Crippen molar-refractivity contribution in [2.45, 2.75) is 45.4 Å². The van der Waals surface area contributed by atoms with Crippen LogP contribution in [0.4, 0.5) is 0 Å². The summed E-state index contributed by atoms with van der Waals surface area (Å²) in [6, 6.07) is 0. The van der Waals surface area contributed by atoms with E-state index in [1.807, 2.05) is 0 Å². The lowest BCUT2D eigenvalue weighted by Gasteiger charge is -2.10. The van der Waals surface area contributed by atoms with E-state index in [1.54, 1.807) is 0 Å². The average Bonchev–Trinajstić information content (AvgIpc) is 2.28. The van der Waals surface area contributed by atoms with E-state index in [-0.39, 0.29) is 0 Å². The quantitative estimate of drug-likeness (QED) is 0.365. The van der Waals surface area contributed by atoms with Crippen LogP contribution in [0.25, 0.3) is 0 Å². The second-order valence-electron chi connectivity index (χ2n) is 4.17. The zero-order chi connectivity index (χ0) is 12.1. The van der Waals surface area contributed by atoms with E-state index in [0.29, 0.717) is 0 Å². The van der Waals surface area contributed by atoms with Crippen LogP contribution in [0.5, 0.6) is 0 Å². The Morgan fingerprint density at radius 1 is 0.875 bits per heavy atom. The third-order valence-electron chi connectivity index (χ3n) is 2.67. The normalized spacial score (nSPS) is 11.8. The fraction of sp³-hybridized carbons (Fsp3) is 0.714. The Morgan fingerprint density at radius 2 is 1.50 bits per heavy atom. The minimum Gasteiger partial charge on any atom is -0.502 e. The van der Waals surface area contributed by atoms with Crippen molar-refractivity contribution in [2.24, 2.45) is 5.92 Å². The third-order valence-corrected chi connectivity index (χ3v) is 2.67. The molecule has 0 aromatic rings. The van der Waals surface area contributed by atoms with Gasteiger partial charge in [0.15, 0.2) is 0 Å². The largest absolute Gasteiger partial charge is 0.502 e. The summed E-state index contributed by atoms with van der Waals surface area (Å²) in [5.41, 5.74) is 0. The summed E-state index contributed by atoms with van der Waals surface area (Å²) in [5.74, 6) is 0.754. The number of unbranched alkanes of at least 4 members (excludes halogenated alkanes) is 3. The first-order chi connectivity index (χ1) is 7.81. The van der Waals surface area contributed by atoms with Crippen molar-refractivity contribution in [1.29, 1.82) is 0 Å². The van der Waals surface area contributed by atoms with Gasteiger partial charge in [-0.25, -0.2) is 0 Å². The van der Waals surface area contributed by atoms with Crippen molar-refractivity contribution in [1.82, 2.24) is 0 Å². The van der Waals surface area contributed by atoms with Crippen LogP contribution in [0.3, 0.4) is 0 Å². The molecule has 0 aromatic heterocycles. The average molecular weight is 226 g/mol. The summed E-state index contributed by atoms with van der Waals surface area (Å²) < 4.78 is 10.2. The van der Waals surface area contributed by atoms with E-state index >= 15 is 0 Å². The summed E-state index contributed by atoms with van der Waals surface area (Å²) in [4.78, 5) is 0. The monoisotopic (exact) mass is 226 g/mol. The zero-order valence-corrected chi connectivity index (χ0v) is 10.6. The van der Waals surface area contributed by atoms with Crippen LogP contribution in [0.1, 0.15) is 45.4 Å². The number of hydrogen-bond acceptors (Lipinski definition) is 2. The predicted molar refractivity (Wildman–Crippen MR) is 69.2 cm³/mol. The molecule has 0 amide bonds. The molecule has 1 unspecified atom stereocenters. The molecule has 0 aliphatic carbocycles. The molecule has 0 aliphatic heterocycles. The van der Waals surface area contributed by atoms with Crippen molar-refractivity contribution >= 4 is 0 Å². The molecule has 2 nitrogen and oxygen atoms in total. The smallest absolute Gasteiger partial charge is 0.0875 e.